The van der Waals surface area contributed by atoms with E-state index in [1.807, 2.05) is 0 Å². The largest absolute Gasteiger partial charge is 0.372 e. The molecule has 0 bridgehead atoms. The Bertz CT molecular complexity index is 116. The summed E-state index contributed by atoms with van der Waals surface area (Å²) in [5.74, 6) is 0. The lowest BCUT2D eigenvalue weighted by atomic mass is 10.00. The van der Waals surface area contributed by atoms with Crippen molar-refractivity contribution >= 4 is 14.5 Å². The van der Waals surface area contributed by atoms with Gasteiger partial charge in [-0.05, 0) is 5.54 Å². The van der Waals surface area contributed by atoms with Crippen LogP contribution in [0.25, 0.3) is 0 Å². The van der Waals surface area contributed by atoms with Gasteiger partial charge in [0.25, 0.3) is 0 Å². The van der Waals surface area contributed by atoms with E-state index in [0.717, 1.165) is 0 Å². The van der Waals surface area contributed by atoms with E-state index in [-0.39, 0.29) is 6.41 Å². The molecular weight excluding hydrogens is 154 g/mol. The lowest BCUT2D eigenvalue weighted by Gasteiger charge is -2.35. The minimum absolute atomic E-state index is 0.250. The molecule has 1 aliphatic carbocycles. The van der Waals surface area contributed by atoms with Gasteiger partial charge in [-0.1, -0.05) is 38.9 Å². The van der Waals surface area contributed by atoms with E-state index in [9.17, 15) is 0 Å². The Morgan fingerprint density at radius 1 is 1.36 bits per heavy atom. The molecule has 2 N–H and O–H groups in total. The predicted octanol–water partition coefficient (Wildman–Crippen LogP) is 1.98. The molecule has 1 fully saturated rings. The summed E-state index contributed by atoms with van der Waals surface area (Å²) in [6.07, 6.45) is 4.83. The van der Waals surface area contributed by atoms with Gasteiger partial charge >= 0.3 is 0 Å². The van der Waals surface area contributed by atoms with Crippen molar-refractivity contribution in [2.75, 3.05) is 0 Å². The first kappa shape index (κ1) is 10.7. The molecule has 0 spiro atoms. The summed E-state index contributed by atoms with van der Waals surface area (Å²) in [5, 5.41) is 0. The highest BCUT2D eigenvalue weighted by Gasteiger charge is 2.30. The summed E-state index contributed by atoms with van der Waals surface area (Å²) in [7, 11) is -0.674. The molecule has 1 aliphatic rings. The van der Waals surface area contributed by atoms with Crippen LogP contribution in [-0.2, 0) is 4.79 Å². The Morgan fingerprint density at radius 2 is 1.73 bits per heavy atom. The molecule has 3 heteroatoms. The Kier molecular flexibility index (Phi) is 4.41. The molecule has 0 aromatic rings. The third kappa shape index (κ3) is 4.19. The number of carbonyl (C=O) groups is 1. The van der Waals surface area contributed by atoms with Crippen molar-refractivity contribution in [2.45, 2.75) is 44.4 Å². The third-order valence-electron chi connectivity index (χ3n) is 2.33. The van der Waals surface area contributed by atoms with E-state index in [1.165, 1.54) is 24.8 Å². The SMILES string of the molecule is C[Si](C)(C)C1CCC1.NC=O. The van der Waals surface area contributed by atoms with E-state index in [1.54, 1.807) is 0 Å². The standard InChI is InChI=1S/C7H16Si.CH3NO/c1-8(2,3)7-5-4-6-7;2-1-3/h7H,4-6H2,1-3H3;1H,(H2,2,3). The highest BCUT2D eigenvalue weighted by Crippen LogP contribution is 2.40. The molecular formula is C8H19NOSi. The molecule has 0 atom stereocenters. The van der Waals surface area contributed by atoms with E-state index in [2.05, 4.69) is 25.4 Å². The zero-order valence-electron chi connectivity index (χ0n) is 7.76. The number of primary amides is 1. The fourth-order valence-electron chi connectivity index (χ4n) is 1.27. The van der Waals surface area contributed by atoms with Crippen LogP contribution in [0.2, 0.25) is 25.2 Å². The molecule has 0 aromatic heterocycles. The summed E-state index contributed by atoms with van der Waals surface area (Å²) < 4.78 is 0. The van der Waals surface area contributed by atoms with Crippen LogP contribution in [0.1, 0.15) is 19.3 Å². The van der Waals surface area contributed by atoms with E-state index >= 15 is 0 Å². The maximum atomic E-state index is 8.58. The van der Waals surface area contributed by atoms with Gasteiger partial charge < -0.3 is 5.73 Å². The molecule has 0 heterocycles. The molecule has 2 nitrogen and oxygen atoms in total. The zero-order chi connectivity index (χ0) is 8.91. The number of nitrogens with two attached hydrogens (primary N) is 1. The zero-order valence-corrected chi connectivity index (χ0v) is 8.76. The molecule has 0 aromatic carbocycles. The predicted molar refractivity (Wildman–Crippen MR) is 51.2 cm³/mol. The van der Waals surface area contributed by atoms with Crippen molar-refractivity contribution in [3.63, 3.8) is 0 Å². The summed E-state index contributed by atoms with van der Waals surface area (Å²) in [4.78, 5) is 8.58. The molecule has 0 unspecified atom stereocenters. The topological polar surface area (TPSA) is 43.1 Å². The second-order valence-electron chi connectivity index (χ2n) is 4.13. The van der Waals surface area contributed by atoms with Gasteiger partial charge in [-0.3, -0.25) is 4.79 Å². The van der Waals surface area contributed by atoms with E-state index in [0.29, 0.717) is 0 Å². The molecule has 0 radical (unpaired) electrons. The number of carbonyl (C=O) groups excluding carboxylic acids is 1. The van der Waals surface area contributed by atoms with Crippen molar-refractivity contribution in [3.05, 3.63) is 0 Å². The summed E-state index contributed by atoms with van der Waals surface area (Å²) in [6, 6.07) is 0. The lowest BCUT2D eigenvalue weighted by molar-refractivity contribution is -0.106. The highest BCUT2D eigenvalue weighted by atomic mass is 28.3. The van der Waals surface area contributed by atoms with Gasteiger partial charge in [0.15, 0.2) is 0 Å². The van der Waals surface area contributed by atoms with Crippen molar-refractivity contribution in [1.82, 2.24) is 0 Å². The van der Waals surface area contributed by atoms with Crippen LogP contribution in [0.5, 0.6) is 0 Å². The van der Waals surface area contributed by atoms with Gasteiger partial charge in [0.05, 0.1) is 0 Å². The van der Waals surface area contributed by atoms with Crippen LogP contribution in [0.4, 0.5) is 0 Å². The average molecular weight is 173 g/mol. The fraction of sp³-hybridized carbons (Fsp3) is 0.875. The van der Waals surface area contributed by atoms with Crippen molar-refractivity contribution < 1.29 is 4.79 Å². The fourth-order valence-corrected chi connectivity index (χ4v) is 3.41. The number of hydrogen-bond acceptors (Lipinski definition) is 1. The Labute approximate surface area is 70.2 Å². The average Bonchev–Trinajstić information content (AvgIpc) is 1.54. The Balaban J connectivity index is 0.000000292. The Hall–Kier alpha value is -0.313. The minimum Gasteiger partial charge on any atom is -0.372 e. The van der Waals surface area contributed by atoms with Gasteiger partial charge in [-0.25, -0.2) is 0 Å². The monoisotopic (exact) mass is 173 g/mol. The molecule has 66 valence electrons. The maximum absolute atomic E-state index is 8.58. The maximum Gasteiger partial charge on any atom is 0.204 e. The number of amides is 1. The second kappa shape index (κ2) is 4.54. The quantitative estimate of drug-likeness (QED) is 0.478. The van der Waals surface area contributed by atoms with Crippen molar-refractivity contribution in [1.29, 1.82) is 0 Å². The first-order valence-electron chi connectivity index (χ1n) is 4.17. The van der Waals surface area contributed by atoms with Crippen LogP contribution in [-0.4, -0.2) is 14.5 Å². The molecule has 1 saturated carbocycles. The van der Waals surface area contributed by atoms with Crippen LogP contribution in [0, 0.1) is 0 Å². The molecule has 0 saturated heterocycles. The van der Waals surface area contributed by atoms with E-state index < -0.39 is 8.07 Å². The molecule has 1 amide bonds. The van der Waals surface area contributed by atoms with Gasteiger partial charge in [0, 0.05) is 8.07 Å². The normalized spacial score (nSPS) is 17.7. The van der Waals surface area contributed by atoms with E-state index in [4.69, 9.17) is 4.79 Å². The first-order chi connectivity index (χ1) is 5.02. The van der Waals surface area contributed by atoms with Gasteiger partial charge in [0.1, 0.15) is 0 Å². The summed E-state index contributed by atoms with van der Waals surface area (Å²) in [5.41, 5.74) is 5.34. The van der Waals surface area contributed by atoms with Crippen LogP contribution in [0.15, 0.2) is 0 Å². The highest BCUT2D eigenvalue weighted by molar-refractivity contribution is 6.77. The molecule has 0 aliphatic heterocycles. The van der Waals surface area contributed by atoms with Gasteiger partial charge in [-0.2, -0.15) is 0 Å². The number of hydrogen-bond donors (Lipinski definition) is 1. The Morgan fingerprint density at radius 3 is 1.73 bits per heavy atom. The lowest BCUT2D eigenvalue weighted by Crippen LogP contribution is -2.32. The van der Waals surface area contributed by atoms with Gasteiger partial charge in [-0.15, -0.1) is 0 Å². The smallest absolute Gasteiger partial charge is 0.204 e. The molecule has 1 rings (SSSR count). The third-order valence-corrected chi connectivity index (χ3v) is 5.36. The van der Waals surface area contributed by atoms with Crippen LogP contribution in [0.3, 0.4) is 0 Å². The number of rotatable bonds is 1. The van der Waals surface area contributed by atoms with Gasteiger partial charge in [0.2, 0.25) is 6.41 Å². The first-order valence-corrected chi connectivity index (χ1v) is 7.75. The van der Waals surface area contributed by atoms with Crippen molar-refractivity contribution in [2.24, 2.45) is 5.73 Å². The van der Waals surface area contributed by atoms with Crippen molar-refractivity contribution in [3.8, 4) is 0 Å². The van der Waals surface area contributed by atoms with Crippen LogP contribution < -0.4 is 5.73 Å². The van der Waals surface area contributed by atoms with Crippen LogP contribution >= 0.6 is 0 Å². The summed E-state index contributed by atoms with van der Waals surface area (Å²) in [6.45, 7) is 7.45. The second-order valence-corrected chi connectivity index (χ2v) is 9.68. The minimum atomic E-state index is -0.674. The molecule has 11 heavy (non-hydrogen) atoms. The summed E-state index contributed by atoms with van der Waals surface area (Å²) >= 11 is 0.